The molecule has 8 aromatic rings. The van der Waals surface area contributed by atoms with E-state index in [9.17, 15) is 0 Å². The fraction of sp³-hybridized carbons (Fsp3) is 0.0588. The summed E-state index contributed by atoms with van der Waals surface area (Å²) in [6.45, 7) is 0. The Labute approximate surface area is 320 Å². The van der Waals surface area contributed by atoms with E-state index in [1.165, 1.54) is 44.2 Å². The van der Waals surface area contributed by atoms with Gasteiger partial charge in [0.1, 0.15) is 23.0 Å². The molecule has 0 bridgehead atoms. The van der Waals surface area contributed by atoms with Crippen molar-refractivity contribution in [1.82, 2.24) is 5.32 Å². The highest BCUT2D eigenvalue weighted by molar-refractivity contribution is 6.13. The van der Waals surface area contributed by atoms with Crippen LogP contribution >= 0.6 is 0 Å². The molecule has 1 atom stereocenters. The first-order valence-corrected chi connectivity index (χ1v) is 18.9. The summed E-state index contributed by atoms with van der Waals surface area (Å²) in [5, 5.41) is 5.96. The molecule has 0 radical (unpaired) electrons. The Morgan fingerprint density at radius 3 is 1.75 bits per heavy atom. The summed E-state index contributed by atoms with van der Waals surface area (Å²) in [5.41, 5.74) is 14.6. The van der Waals surface area contributed by atoms with Gasteiger partial charge in [0.25, 0.3) is 0 Å². The van der Waals surface area contributed by atoms with Crippen molar-refractivity contribution < 1.29 is 4.42 Å². The fourth-order valence-corrected chi connectivity index (χ4v) is 7.88. The predicted molar refractivity (Wildman–Crippen MR) is 226 cm³/mol. The van der Waals surface area contributed by atoms with Crippen molar-refractivity contribution in [3.8, 4) is 33.4 Å². The number of hydrogen-bond acceptors (Lipinski definition) is 4. The van der Waals surface area contributed by atoms with E-state index in [4.69, 9.17) is 14.4 Å². The predicted octanol–water partition coefficient (Wildman–Crippen LogP) is 10.7. The van der Waals surface area contributed by atoms with Crippen LogP contribution in [0.1, 0.15) is 41.3 Å². The lowest BCUT2D eigenvalue weighted by atomic mass is 9.92. The first-order valence-electron chi connectivity index (χ1n) is 18.9. The van der Waals surface area contributed by atoms with Gasteiger partial charge in [-0.05, 0) is 99.3 Å². The van der Waals surface area contributed by atoms with Gasteiger partial charge in [-0.3, -0.25) is 0 Å². The van der Waals surface area contributed by atoms with Crippen molar-refractivity contribution in [3.05, 3.63) is 215 Å². The first kappa shape index (κ1) is 32.6. The quantitative estimate of drug-likeness (QED) is 0.179. The highest BCUT2D eigenvalue weighted by Gasteiger charge is 2.22. The molecule has 1 N–H and O–H groups in total. The summed E-state index contributed by atoms with van der Waals surface area (Å²) in [7, 11) is 0. The maximum Gasteiger partial charge on any atom is 0.159 e. The van der Waals surface area contributed by atoms with Gasteiger partial charge in [0.15, 0.2) is 5.84 Å². The van der Waals surface area contributed by atoms with Crippen molar-refractivity contribution in [1.29, 1.82) is 0 Å². The molecule has 2 aliphatic rings. The summed E-state index contributed by atoms with van der Waals surface area (Å²) in [6, 6.07) is 64.1. The molecule has 1 aliphatic heterocycles. The second kappa shape index (κ2) is 14.1. The standard InChI is InChI=1S/C51H37N3O/c1-4-14-34(15-5-1)37-20-10-21-38(30-37)39-22-11-23-40(31-39)41-28-29-46-45(33-41)48-44(26-13-27-47(48)55-46)42-24-12-25-43(32-42)51-53-49(35-16-6-2-7-17-35)52-50(54-51)36-18-8-3-9-19-36/h1-12,14-25,27-33,51H,13,26H2,(H,52,53,54). The minimum Gasteiger partial charge on any atom is -0.456 e. The number of nitrogens with zero attached hydrogens (tertiary/aromatic N) is 2. The molecule has 7 aromatic carbocycles. The fourth-order valence-electron chi connectivity index (χ4n) is 7.88. The van der Waals surface area contributed by atoms with E-state index in [1.54, 1.807) is 0 Å². The van der Waals surface area contributed by atoms with Crippen LogP contribution in [0.15, 0.2) is 196 Å². The number of rotatable bonds is 7. The second-order valence-corrected chi connectivity index (χ2v) is 14.1. The van der Waals surface area contributed by atoms with Crippen molar-refractivity contribution >= 4 is 34.3 Å². The molecule has 55 heavy (non-hydrogen) atoms. The van der Waals surface area contributed by atoms with Crippen molar-refractivity contribution in [2.45, 2.75) is 19.0 Å². The number of nitrogens with one attached hydrogen (secondary N) is 1. The van der Waals surface area contributed by atoms with E-state index < -0.39 is 0 Å². The molecule has 0 amide bonds. The van der Waals surface area contributed by atoms with Crippen LogP contribution in [0, 0.1) is 0 Å². The molecular weight excluding hydrogens is 671 g/mol. The van der Waals surface area contributed by atoms with Gasteiger partial charge in [-0.15, -0.1) is 0 Å². The van der Waals surface area contributed by atoms with Gasteiger partial charge in [-0.25, -0.2) is 9.98 Å². The number of aliphatic imine (C=N–C) groups is 2. The molecule has 262 valence electrons. The molecule has 1 aliphatic carbocycles. The Balaban J connectivity index is 1.04. The highest BCUT2D eigenvalue weighted by Crippen LogP contribution is 2.32. The Hall–Kier alpha value is -7.04. The number of amidine groups is 2. The van der Waals surface area contributed by atoms with E-state index in [-0.39, 0.29) is 6.17 Å². The van der Waals surface area contributed by atoms with E-state index in [1.807, 2.05) is 36.4 Å². The maximum absolute atomic E-state index is 6.53. The molecule has 0 saturated carbocycles. The summed E-state index contributed by atoms with van der Waals surface area (Å²) in [4.78, 5) is 10.1. The minimum absolute atomic E-state index is 0.300. The van der Waals surface area contributed by atoms with Crippen LogP contribution < -0.4 is 16.0 Å². The van der Waals surface area contributed by atoms with Gasteiger partial charge < -0.3 is 9.73 Å². The van der Waals surface area contributed by atoms with Crippen LogP contribution in [-0.4, -0.2) is 11.7 Å². The molecule has 4 nitrogen and oxygen atoms in total. The van der Waals surface area contributed by atoms with Gasteiger partial charge >= 0.3 is 0 Å². The second-order valence-electron chi connectivity index (χ2n) is 14.1. The first-order chi connectivity index (χ1) is 27.2. The molecular formula is C51H37N3O. The van der Waals surface area contributed by atoms with Gasteiger partial charge in [0, 0.05) is 21.7 Å². The molecule has 4 heteroatoms. The molecule has 0 spiro atoms. The Morgan fingerprint density at radius 2 is 1.05 bits per heavy atom. The summed E-state index contributed by atoms with van der Waals surface area (Å²) < 4.78 is 6.53. The summed E-state index contributed by atoms with van der Waals surface area (Å²) in [6.07, 6.45) is 3.79. The lowest BCUT2D eigenvalue weighted by Crippen LogP contribution is -2.33. The molecule has 2 heterocycles. The third kappa shape index (κ3) is 6.38. The average molecular weight is 708 g/mol. The van der Waals surface area contributed by atoms with Crippen LogP contribution in [0.3, 0.4) is 0 Å². The van der Waals surface area contributed by atoms with Gasteiger partial charge in [0.2, 0.25) is 0 Å². The third-order valence-corrected chi connectivity index (χ3v) is 10.6. The Morgan fingerprint density at radius 1 is 0.491 bits per heavy atom. The monoisotopic (exact) mass is 707 g/mol. The number of hydrogen-bond donors (Lipinski definition) is 1. The third-order valence-electron chi connectivity index (χ3n) is 10.6. The minimum atomic E-state index is -0.300. The molecule has 10 rings (SSSR count). The topological polar surface area (TPSA) is 49.9 Å². The molecule has 1 unspecified atom stereocenters. The highest BCUT2D eigenvalue weighted by atomic mass is 16.3. The zero-order chi connectivity index (χ0) is 36.6. The lowest BCUT2D eigenvalue weighted by Gasteiger charge is -2.24. The van der Waals surface area contributed by atoms with E-state index in [0.29, 0.717) is 0 Å². The number of benzene rings is 7. The summed E-state index contributed by atoms with van der Waals surface area (Å²) in [5.74, 6) is 1.53. The summed E-state index contributed by atoms with van der Waals surface area (Å²) >= 11 is 0. The van der Waals surface area contributed by atoms with Gasteiger partial charge in [0.05, 0.1) is 0 Å². The SMILES string of the molecule is C1=c2oc3ccc(-c4cccc(-c5cccc(-c6ccccc6)c5)c4)cc3c2=C(c2cccc(C3N=C(c4ccccc4)N=C(c4ccccc4)N3)c2)CC1. The largest absolute Gasteiger partial charge is 0.456 e. The van der Waals surface area contributed by atoms with Crippen molar-refractivity contribution in [2.75, 3.05) is 0 Å². The zero-order valence-corrected chi connectivity index (χ0v) is 30.2. The van der Waals surface area contributed by atoms with Crippen LogP contribution in [0.4, 0.5) is 0 Å². The lowest BCUT2D eigenvalue weighted by molar-refractivity contribution is 0.571. The van der Waals surface area contributed by atoms with Crippen LogP contribution in [0.5, 0.6) is 0 Å². The Kier molecular flexibility index (Phi) is 8.34. The van der Waals surface area contributed by atoms with E-state index in [0.717, 1.165) is 63.2 Å². The van der Waals surface area contributed by atoms with Crippen molar-refractivity contribution in [2.24, 2.45) is 9.98 Å². The van der Waals surface area contributed by atoms with E-state index >= 15 is 0 Å². The molecule has 0 saturated heterocycles. The van der Waals surface area contributed by atoms with Crippen LogP contribution in [0.25, 0.3) is 56.0 Å². The van der Waals surface area contributed by atoms with Crippen LogP contribution in [-0.2, 0) is 0 Å². The zero-order valence-electron chi connectivity index (χ0n) is 30.2. The normalized spacial score (nSPS) is 15.1. The number of furan rings is 1. The number of fused-ring (bicyclic) bond motifs is 3. The maximum atomic E-state index is 6.53. The van der Waals surface area contributed by atoms with Gasteiger partial charge in [-0.2, -0.15) is 0 Å². The van der Waals surface area contributed by atoms with Gasteiger partial charge in [-0.1, -0.05) is 152 Å². The molecule has 0 fully saturated rings. The smallest absolute Gasteiger partial charge is 0.159 e. The van der Waals surface area contributed by atoms with Crippen molar-refractivity contribution in [3.63, 3.8) is 0 Å². The Bertz CT molecular complexity index is 2890. The van der Waals surface area contributed by atoms with Crippen LogP contribution in [0.2, 0.25) is 0 Å². The molecule has 1 aromatic heterocycles. The van der Waals surface area contributed by atoms with E-state index in [2.05, 4.69) is 157 Å². The average Bonchev–Trinajstić information content (AvgIpc) is 3.66.